The fourth-order valence-electron chi connectivity index (χ4n) is 3.29. The first-order valence-corrected chi connectivity index (χ1v) is 8.61. The summed E-state index contributed by atoms with van der Waals surface area (Å²) in [7, 11) is 0. The number of nitrogens with one attached hydrogen (secondary N) is 1. The number of hydrogen-bond donors (Lipinski definition) is 2. The number of nitrogens with two attached hydrogens (primary N) is 1. The lowest BCUT2D eigenvalue weighted by Crippen LogP contribution is -2.20. The van der Waals surface area contributed by atoms with E-state index in [0.29, 0.717) is 28.3 Å². The molecule has 3 aromatic rings. The number of aliphatic imine (C=N–C) groups is 1. The van der Waals surface area contributed by atoms with Gasteiger partial charge in [-0.1, -0.05) is 30.3 Å². The van der Waals surface area contributed by atoms with Crippen LogP contribution in [0.25, 0.3) is 10.9 Å². The van der Waals surface area contributed by atoms with E-state index in [1.807, 2.05) is 36.4 Å². The zero-order valence-corrected chi connectivity index (χ0v) is 14.7. The Bertz CT molecular complexity index is 1100. The average Bonchev–Trinajstić information content (AvgIpc) is 2.86. The normalized spacial score (nSPS) is 13.5. The molecule has 0 atom stereocenters. The Labute approximate surface area is 155 Å². The Hall–Kier alpha value is -3.61. The molecule has 2 aromatic carbocycles. The number of benzene rings is 2. The molecule has 7 nitrogen and oxygen atoms in total. The standard InChI is InChI=1S/C20H18N4O3/c1-2-27-20(26)24-15-9-4-3-8-14(15)18-19(24)17(22-11-16(25)23-18)12-6-5-7-13(21)10-12/h3-10H,2,11,21H2,1H3,(H,23,25). The SMILES string of the molecule is CCOC(=O)n1c2c(c3ccccc31)NC(=O)CN=C2c1cccc(N)c1. The van der Waals surface area contributed by atoms with Crippen LogP contribution in [0.1, 0.15) is 18.2 Å². The second-order valence-electron chi connectivity index (χ2n) is 6.11. The number of carbonyl (C=O) groups excluding carboxylic acids is 2. The number of nitrogens with zero attached hydrogens (tertiary/aromatic N) is 2. The summed E-state index contributed by atoms with van der Waals surface area (Å²) >= 11 is 0. The Morgan fingerprint density at radius 3 is 2.85 bits per heavy atom. The molecule has 1 aromatic heterocycles. The van der Waals surface area contributed by atoms with Crippen molar-refractivity contribution in [1.82, 2.24) is 4.57 Å². The van der Waals surface area contributed by atoms with E-state index in [0.717, 1.165) is 10.9 Å². The Kier molecular flexibility index (Phi) is 4.12. The monoisotopic (exact) mass is 362 g/mol. The van der Waals surface area contributed by atoms with E-state index in [2.05, 4.69) is 10.3 Å². The minimum absolute atomic E-state index is 0.0457. The average molecular weight is 362 g/mol. The summed E-state index contributed by atoms with van der Waals surface area (Å²) in [6.45, 7) is 1.93. The van der Waals surface area contributed by atoms with Gasteiger partial charge in [-0.15, -0.1) is 0 Å². The number of fused-ring (bicyclic) bond motifs is 3. The third-order valence-corrected chi connectivity index (χ3v) is 4.35. The van der Waals surface area contributed by atoms with Gasteiger partial charge in [-0.25, -0.2) is 9.36 Å². The molecule has 1 aliphatic rings. The number of aromatic nitrogens is 1. The summed E-state index contributed by atoms with van der Waals surface area (Å²) in [6, 6.07) is 14.5. The van der Waals surface area contributed by atoms with Gasteiger partial charge >= 0.3 is 6.09 Å². The van der Waals surface area contributed by atoms with Crippen LogP contribution in [0.2, 0.25) is 0 Å². The maximum absolute atomic E-state index is 12.8. The molecule has 0 radical (unpaired) electrons. The molecule has 0 fully saturated rings. The van der Waals surface area contributed by atoms with Crippen molar-refractivity contribution in [3.63, 3.8) is 0 Å². The van der Waals surface area contributed by atoms with Crippen LogP contribution in [0, 0.1) is 0 Å². The zero-order valence-electron chi connectivity index (χ0n) is 14.7. The highest BCUT2D eigenvalue weighted by atomic mass is 16.5. The third-order valence-electron chi connectivity index (χ3n) is 4.35. The number of anilines is 2. The fourth-order valence-corrected chi connectivity index (χ4v) is 3.29. The highest BCUT2D eigenvalue weighted by Gasteiger charge is 2.29. The number of amides is 1. The molecule has 0 spiro atoms. The summed E-state index contributed by atoms with van der Waals surface area (Å²) < 4.78 is 6.73. The molecule has 4 rings (SSSR count). The highest BCUT2D eigenvalue weighted by molar-refractivity contribution is 6.24. The van der Waals surface area contributed by atoms with Crippen molar-refractivity contribution in [1.29, 1.82) is 0 Å². The molecule has 27 heavy (non-hydrogen) atoms. The van der Waals surface area contributed by atoms with E-state index in [1.165, 1.54) is 4.57 Å². The molecule has 0 bridgehead atoms. The molecule has 7 heteroatoms. The number of carbonyl (C=O) groups is 2. The van der Waals surface area contributed by atoms with E-state index in [4.69, 9.17) is 10.5 Å². The molecule has 0 unspecified atom stereocenters. The second-order valence-corrected chi connectivity index (χ2v) is 6.11. The van der Waals surface area contributed by atoms with Crippen molar-refractivity contribution in [3.8, 4) is 0 Å². The molecule has 1 aliphatic heterocycles. The molecule has 3 N–H and O–H groups in total. The third kappa shape index (κ3) is 2.83. The topological polar surface area (TPSA) is 98.7 Å². The van der Waals surface area contributed by atoms with Crippen LogP contribution in [0.5, 0.6) is 0 Å². The molecule has 136 valence electrons. The quantitative estimate of drug-likeness (QED) is 0.685. The highest BCUT2D eigenvalue weighted by Crippen LogP contribution is 2.34. The maximum Gasteiger partial charge on any atom is 0.419 e. The summed E-state index contributed by atoms with van der Waals surface area (Å²) in [5.74, 6) is -0.248. The summed E-state index contributed by atoms with van der Waals surface area (Å²) in [4.78, 5) is 29.5. The van der Waals surface area contributed by atoms with Crippen LogP contribution in [0.15, 0.2) is 53.5 Å². The molecular weight excluding hydrogens is 344 g/mol. The van der Waals surface area contributed by atoms with Gasteiger partial charge in [-0.3, -0.25) is 9.79 Å². The van der Waals surface area contributed by atoms with Gasteiger partial charge in [-0.2, -0.15) is 0 Å². The van der Waals surface area contributed by atoms with Crippen molar-refractivity contribution >= 4 is 40.0 Å². The van der Waals surface area contributed by atoms with Crippen molar-refractivity contribution in [2.24, 2.45) is 4.99 Å². The smallest absolute Gasteiger partial charge is 0.419 e. The maximum atomic E-state index is 12.8. The molecule has 1 amide bonds. The predicted molar refractivity (Wildman–Crippen MR) is 104 cm³/mol. The largest absolute Gasteiger partial charge is 0.449 e. The molecule has 0 aliphatic carbocycles. The van der Waals surface area contributed by atoms with Crippen molar-refractivity contribution in [3.05, 3.63) is 59.8 Å². The van der Waals surface area contributed by atoms with Crippen molar-refractivity contribution in [2.75, 3.05) is 24.2 Å². The zero-order chi connectivity index (χ0) is 19.0. The Morgan fingerprint density at radius 2 is 2.07 bits per heavy atom. The Balaban J connectivity index is 2.07. The summed E-state index contributed by atoms with van der Waals surface area (Å²) in [6.07, 6.45) is -0.525. The van der Waals surface area contributed by atoms with Gasteiger partial charge in [0.2, 0.25) is 5.91 Å². The number of ether oxygens (including phenoxy) is 1. The van der Waals surface area contributed by atoms with Crippen LogP contribution in [0.4, 0.5) is 16.2 Å². The minimum atomic E-state index is -0.525. The van der Waals surface area contributed by atoms with Gasteiger partial charge in [0.1, 0.15) is 12.2 Å². The van der Waals surface area contributed by atoms with Crippen LogP contribution in [-0.4, -0.2) is 35.4 Å². The lowest BCUT2D eigenvalue weighted by molar-refractivity contribution is -0.114. The van der Waals surface area contributed by atoms with Gasteiger partial charge in [0.15, 0.2) is 0 Å². The predicted octanol–water partition coefficient (Wildman–Crippen LogP) is 3.02. The van der Waals surface area contributed by atoms with E-state index < -0.39 is 6.09 Å². The van der Waals surface area contributed by atoms with Gasteiger partial charge in [0.05, 0.1) is 23.5 Å². The number of nitrogen functional groups attached to an aromatic ring is 1. The van der Waals surface area contributed by atoms with Gasteiger partial charge < -0.3 is 15.8 Å². The van der Waals surface area contributed by atoms with Crippen LogP contribution in [-0.2, 0) is 9.53 Å². The summed E-state index contributed by atoms with van der Waals surface area (Å²) in [5, 5.41) is 3.63. The fraction of sp³-hybridized carbons (Fsp3) is 0.150. The summed E-state index contributed by atoms with van der Waals surface area (Å²) in [5.41, 5.74) is 9.42. The lowest BCUT2D eigenvalue weighted by Gasteiger charge is -2.12. The molecule has 2 heterocycles. The van der Waals surface area contributed by atoms with Gasteiger partial charge in [0, 0.05) is 16.6 Å². The van der Waals surface area contributed by atoms with E-state index in [1.54, 1.807) is 19.1 Å². The van der Waals surface area contributed by atoms with E-state index in [-0.39, 0.29) is 19.1 Å². The molecule has 0 saturated heterocycles. The van der Waals surface area contributed by atoms with Crippen molar-refractivity contribution in [2.45, 2.75) is 6.92 Å². The lowest BCUT2D eigenvalue weighted by atomic mass is 10.0. The minimum Gasteiger partial charge on any atom is -0.449 e. The number of hydrogen-bond acceptors (Lipinski definition) is 5. The first-order chi connectivity index (χ1) is 13.1. The molecular formula is C20H18N4O3. The van der Waals surface area contributed by atoms with Gasteiger partial charge in [-0.05, 0) is 25.1 Å². The van der Waals surface area contributed by atoms with E-state index in [9.17, 15) is 9.59 Å². The number of para-hydroxylation sites is 1. The van der Waals surface area contributed by atoms with Gasteiger partial charge in [0.25, 0.3) is 0 Å². The van der Waals surface area contributed by atoms with Crippen LogP contribution in [0.3, 0.4) is 0 Å². The van der Waals surface area contributed by atoms with E-state index >= 15 is 0 Å². The number of rotatable bonds is 2. The van der Waals surface area contributed by atoms with Crippen LogP contribution >= 0.6 is 0 Å². The molecule has 0 saturated carbocycles. The Morgan fingerprint density at radius 1 is 1.26 bits per heavy atom. The van der Waals surface area contributed by atoms with Crippen LogP contribution < -0.4 is 11.1 Å². The van der Waals surface area contributed by atoms with Crippen molar-refractivity contribution < 1.29 is 14.3 Å². The first-order valence-electron chi connectivity index (χ1n) is 8.61. The second kappa shape index (κ2) is 6.60. The first kappa shape index (κ1) is 16.8.